The van der Waals surface area contributed by atoms with E-state index in [0.29, 0.717) is 6.10 Å². The molecular formula is C16H23ClO. The number of halogens is 1. The molecule has 18 heavy (non-hydrogen) atoms. The van der Waals surface area contributed by atoms with Gasteiger partial charge in [0.2, 0.25) is 0 Å². The molecule has 3 unspecified atom stereocenters. The van der Waals surface area contributed by atoms with Gasteiger partial charge in [0.1, 0.15) is 0 Å². The van der Waals surface area contributed by atoms with Gasteiger partial charge in [-0.05, 0) is 49.3 Å². The molecule has 3 atom stereocenters. The summed E-state index contributed by atoms with van der Waals surface area (Å²) < 4.78 is 5.88. The third kappa shape index (κ3) is 2.89. The van der Waals surface area contributed by atoms with E-state index < -0.39 is 0 Å². The molecule has 1 saturated heterocycles. The van der Waals surface area contributed by atoms with Crippen molar-refractivity contribution in [3.63, 3.8) is 0 Å². The predicted molar refractivity (Wildman–Crippen MR) is 77.4 cm³/mol. The molecule has 0 aromatic heterocycles. The van der Waals surface area contributed by atoms with Crippen molar-refractivity contribution in [3.8, 4) is 0 Å². The fraction of sp³-hybridized carbons (Fsp3) is 0.625. The zero-order chi connectivity index (χ0) is 13.1. The molecule has 1 aliphatic heterocycles. The minimum absolute atomic E-state index is 0.00819. The van der Waals surface area contributed by atoms with E-state index in [1.807, 2.05) is 0 Å². The van der Waals surface area contributed by atoms with Gasteiger partial charge < -0.3 is 4.74 Å². The fourth-order valence-electron chi connectivity index (χ4n) is 2.75. The van der Waals surface area contributed by atoms with Crippen molar-refractivity contribution in [2.45, 2.75) is 64.0 Å². The topological polar surface area (TPSA) is 9.23 Å². The average Bonchev–Trinajstić information content (AvgIpc) is 2.83. The first kappa shape index (κ1) is 13.9. The molecular weight excluding hydrogens is 244 g/mol. The largest absolute Gasteiger partial charge is 0.373 e. The second-order valence-corrected chi connectivity index (χ2v) is 5.67. The highest BCUT2D eigenvalue weighted by molar-refractivity contribution is 6.21. The summed E-state index contributed by atoms with van der Waals surface area (Å²) in [5.41, 5.74) is 4.07. The highest BCUT2D eigenvalue weighted by Gasteiger charge is 2.29. The Bertz CT molecular complexity index is 402. The van der Waals surface area contributed by atoms with Crippen LogP contribution in [0.15, 0.2) is 18.2 Å². The molecule has 0 N–H and O–H groups in total. The van der Waals surface area contributed by atoms with Gasteiger partial charge in [-0.1, -0.05) is 32.0 Å². The SMILES string of the molecule is CCc1ccc(C(Cl)C2CCC(C)O2)cc1CC. The second kappa shape index (κ2) is 6.08. The quantitative estimate of drug-likeness (QED) is 0.721. The lowest BCUT2D eigenvalue weighted by atomic mass is 9.96. The van der Waals surface area contributed by atoms with Crippen molar-refractivity contribution < 1.29 is 4.74 Å². The Morgan fingerprint density at radius 3 is 2.50 bits per heavy atom. The van der Waals surface area contributed by atoms with Crippen LogP contribution in [0.3, 0.4) is 0 Å². The summed E-state index contributed by atoms with van der Waals surface area (Å²) in [5, 5.41) is -0.00819. The number of aryl methyl sites for hydroxylation is 2. The molecule has 0 saturated carbocycles. The number of benzene rings is 1. The van der Waals surface area contributed by atoms with Crippen LogP contribution in [0.2, 0.25) is 0 Å². The van der Waals surface area contributed by atoms with Gasteiger partial charge >= 0.3 is 0 Å². The van der Waals surface area contributed by atoms with Gasteiger partial charge in [-0.15, -0.1) is 11.6 Å². The van der Waals surface area contributed by atoms with Crippen LogP contribution in [0.4, 0.5) is 0 Å². The van der Waals surface area contributed by atoms with Gasteiger partial charge in [0.05, 0.1) is 17.6 Å². The molecule has 2 heteroatoms. The number of hydrogen-bond acceptors (Lipinski definition) is 1. The Morgan fingerprint density at radius 1 is 1.22 bits per heavy atom. The maximum Gasteiger partial charge on any atom is 0.0847 e. The van der Waals surface area contributed by atoms with Crippen molar-refractivity contribution in [2.24, 2.45) is 0 Å². The Morgan fingerprint density at radius 2 is 1.94 bits per heavy atom. The van der Waals surface area contributed by atoms with Crippen molar-refractivity contribution >= 4 is 11.6 Å². The Balaban J connectivity index is 2.17. The number of hydrogen-bond donors (Lipinski definition) is 0. The first-order valence-electron chi connectivity index (χ1n) is 7.06. The molecule has 1 aliphatic rings. The first-order chi connectivity index (χ1) is 8.65. The molecule has 0 aliphatic carbocycles. The van der Waals surface area contributed by atoms with Gasteiger partial charge in [0, 0.05) is 0 Å². The molecule has 0 bridgehead atoms. The summed E-state index contributed by atoms with van der Waals surface area (Å²) in [4.78, 5) is 0. The van der Waals surface area contributed by atoms with Crippen LogP contribution in [-0.4, -0.2) is 12.2 Å². The Labute approximate surface area is 115 Å². The number of rotatable bonds is 4. The van der Waals surface area contributed by atoms with E-state index in [9.17, 15) is 0 Å². The third-order valence-corrected chi connectivity index (χ3v) is 4.43. The van der Waals surface area contributed by atoms with Crippen LogP contribution in [0.25, 0.3) is 0 Å². The predicted octanol–water partition coefficient (Wildman–Crippen LogP) is 4.66. The highest BCUT2D eigenvalue weighted by Crippen LogP contribution is 2.35. The normalized spacial score (nSPS) is 25.3. The van der Waals surface area contributed by atoms with E-state index in [-0.39, 0.29) is 11.5 Å². The zero-order valence-corrected chi connectivity index (χ0v) is 12.3. The van der Waals surface area contributed by atoms with Gasteiger partial charge in [-0.2, -0.15) is 0 Å². The molecule has 100 valence electrons. The van der Waals surface area contributed by atoms with Crippen LogP contribution in [0.1, 0.15) is 55.7 Å². The third-order valence-electron chi connectivity index (χ3n) is 3.90. The Hall–Kier alpha value is -0.530. The average molecular weight is 267 g/mol. The molecule has 0 amide bonds. The van der Waals surface area contributed by atoms with Crippen molar-refractivity contribution in [2.75, 3.05) is 0 Å². The monoisotopic (exact) mass is 266 g/mol. The van der Waals surface area contributed by atoms with Crippen LogP contribution >= 0.6 is 11.6 Å². The van der Waals surface area contributed by atoms with E-state index >= 15 is 0 Å². The summed E-state index contributed by atoms with van der Waals surface area (Å²) in [6.45, 7) is 6.53. The summed E-state index contributed by atoms with van der Waals surface area (Å²) >= 11 is 6.58. The molecule has 0 radical (unpaired) electrons. The van der Waals surface area contributed by atoms with E-state index in [1.165, 1.54) is 16.7 Å². The summed E-state index contributed by atoms with van der Waals surface area (Å²) in [7, 11) is 0. The van der Waals surface area contributed by atoms with Gasteiger partial charge in [0.15, 0.2) is 0 Å². The zero-order valence-electron chi connectivity index (χ0n) is 11.6. The van der Waals surface area contributed by atoms with Crippen LogP contribution in [0, 0.1) is 0 Å². The fourth-order valence-corrected chi connectivity index (χ4v) is 3.08. The number of ether oxygens (including phenoxy) is 1. The van der Waals surface area contributed by atoms with Crippen LogP contribution < -0.4 is 0 Å². The van der Waals surface area contributed by atoms with Crippen LogP contribution in [0.5, 0.6) is 0 Å². The molecule has 1 aromatic rings. The van der Waals surface area contributed by atoms with E-state index in [1.54, 1.807) is 0 Å². The highest BCUT2D eigenvalue weighted by atomic mass is 35.5. The summed E-state index contributed by atoms with van der Waals surface area (Å²) in [5.74, 6) is 0. The smallest absolute Gasteiger partial charge is 0.0847 e. The molecule has 0 spiro atoms. The van der Waals surface area contributed by atoms with E-state index in [2.05, 4.69) is 39.0 Å². The molecule has 1 fully saturated rings. The standard InChI is InChI=1S/C16H23ClO/c1-4-12-7-8-14(10-13(12)5-2)16(17)15-9-6-11(3)18-15/h7-8,10-11,15-16H,4-6,9H2,1-3H3. The van der Waals surface area contributed by atoms with Crippen molar-refractivity contribution in [1.82, 2.24) is 0 Å². The second-order valence-electron chi connectivity index (χ2n) is 5.20. The summed E-state index contributed by atoms with van der Waals surface area (Å²) in [6.07, 6.45) is 4.90. The lowest BCUT2D eigenvalue weighted by Crippen LogP contribution is -2.15. The van der Waals surface area contributed by atoms with Gasteiger partial charge in [0.25, 0.3) is 0 Å². The minimum Gasteiger partial charge on any atom is -0.373 e. The lowest BCUT2D eigenvalue weighted by molar-refractivity contribution is 0.0533. The van der Waals surface area contributed by atoms with Crippen molar-refractivity contribution in [1.29, 1.82) is 0 Å². The van der Waals surface area contributed by atoms with E-state index in [4.69, 9.17) is 16.3 Å². The minimum atomic E-state index is -0.00819. The molecule has 1 heterocycles. The summed E-state index contributed by atoms with van der Waals surface area (Å²) in [6, 6.07) is 6.66. The molecule has 2 rings (SSSR count). The lowest BCUT2D eigenvalue weighted by Gasteiger charge is -2.19. The molecule has 1 aromatic carbocycles. The number of alkyl halides is 1. The van der Waals surface area contributed by atoms with Gasteiger partial charge in [-0.3, -0.25) is 0 Å². The van der Waals surface area contributed by atoms with Crippen molar-refractivity contribution in [3.05, 3.63) is 34.9 Å². The maximum absolute atomic E-state index is 6.58. The maximum atomic E-state index is 6.58. The first-order valence-corrected chi connectivity index (χ1v) is 7.50. The van der Waals surface area contributed by atoms with E-state index in [0.717, 1.165) is 25.7 Å². The Kier molecular flexibility index (Phi) is 4.69. The van der Waals surface area contributed by atoms with Crippen LogP contribution in [-0.2, 0) is 17.6 Å². The molecule has 1 nitrogen and oxygen atoms in total. The van der Waals surface area contributed by atoms with Gasteiger partial charge in [-0.25, -0.2) is 0 Å².